The van der Waals surface area contributed by atoms with Crippen LogP contribution in [0.25, 0.3) is 0 Å². The quantitative estimate of drug-likeness (QED) is 0.893. The van der Waals surface area contributed by atoms with Crippen LogP contribution in [0.3, 0.4) is 0 Å². The van der Waals surface area contributed by atoms with Gasteiger partial charge in [-0.25, -0.2) is 8.42 Å². The summed E-state index contributed by atoms with van der Waals surface area (Å²) < 4.78 is 27.7. The molecule has 2 atom stereocenters. The molecule has 1 aliphatic heterocycles. The highest BCUT2D eigenvalue weighted by Crippen LogP contribution is 2.37. The smallest absolute Gasteiger partial charge is 0.245 e. The fourth-order valence-electron chi connectivity index (χ4n) is 2.64. The van der Waals surface area contributed by atoms with Gasteiger partial charge in [-0.1, -0.05) is 6.42 Å². The zero-order chi connectivity index (χ0) is 14.2. The van der Waals surface area contributed by atoms with Crippen molar-refractivity contribution in [3.8, 4) is 0 Å². The van der Waals surface area contributed by atoms with Crippen LogP contribution in [0.5, 0.6) is 0 Å². The fraction of sp³-hybridized carbons (Fsp3) is 0.667. The second-order valence-electron chi connectivity index (χ2n) is 4.97. The highest BCUT2D eigenvalue weighted by Gasteiger charge is 2.37. The minimum Gasteiger partial charge on any atom is -0.391 e. The van der Waals surface area contributed by atoms with Crippen molar-refractivity contribution in [3.05, 3.63) is 14.7 Å². The average Bonchev–Trinajstić information content (AvgIpc) is 2.70. The lowest BCUT2D eigenvalue weighted by molar-refractivity contribution is 0.204. The van der Waals surface area contributed by atoms with Crippen molar-refractivity contribution in [1.82, 2.24) is 4.31 Å². The third-order valence-electron chi connectivity index (χ3n) is 3.53. The molecule has 1 saturated heterocycles. The Morgan fingerprint density at radius 2 is 2.00 bits per heavy atom. The summed E-state index contributed by atoms with van der Waals surface area (Å²) in [4.78, 5) is 0.935. The van der Waals surface area contributed by atoms with Gasteiger partial charge in [0.15, 0.2) is 0 Å². The standard InChI is InChI=1S/C12H18BrNO3S2/c1-8-4-3-5-9(2)14(8)19(16,17)11-6-10(7-15)18-12(11)13/h6,8-9,15H,3-5,7H2,1-2H3. The zero-order valence-electron chi connectivity index (χ0n) is 11.0. The van der Waals surface area contributed by atoms with Crippen molar-refractivity contribution in [2.45, 2.75) is 56.7 Å². The minimum atomic E-state index is -3.49. The lowest BCUT2D eigenvalue weighted by Gasteiger charge is -2.37. The van der Waals surface area contributed by atoms with Gasteiger partial charge in [0.1, 0.15) is 4.90 Å². The molecular formula is C12H18BrNO3S2. The molecule has 2 unspecified atom stereocenters. The number of sulfonamides is 1. The second kappa shape index (κ2) is 5.81. The number of piperidine rings is 1. The summed E-state index contributed by atoms with van der Waals surface area (Å²) in [5, 5.41) is 9.14. The van der Waals surface area contributed by atoms with E-state index >= 15 is 0 Å². The lowest BCUT2D eigenvalue weighted by atomic mass is 10.0. The van der Waals surface area contributed by atoms with Gasteiger partial charge in [0.2, 0.25) is 10.0 Å². The molecule has 0 bridgehead atoms. The molecule has 1 fully saturated rings. The number of hydrogen-bond acceptors (Lipinski definition) is 4. The Balaban J connectivity index is 2.43. The van der Waals surface area contributed by atoms with Crippen LogP contribution in [0.15, 0.2) is 14.7 Å². The van der Waals surface area contributed by atoms with E-state index in [2.05, 4.69) is 15.9 Å². The molecule has 0 amide bonds. The molecule has 0 aromatic carbocycles. The molecule has 1 aliphatic rings. The third-order valence-corrected chi connectivity index (χ3v) is 7.90. The summed E-state index contributed by atoms with van der Waals surface area (Å²) in [5.41, 5.74) is 0. The van der Waals surface area contributed by atoms with Crippen molar-refractivity contribution in [1.29, 1.82) is 0 Å². The molecule has 0 saturated carbocycles. The number of nitrogens with zero attached hydrogens (tertiary/aromatic N) is 1. The van der Waals surface area contributed by atoms with Crippen LogP contribution in [-0.4, -0.2) is 29.9 Å². The van der Waals surface area contributed by atoms with Gasteiger partial charge in [-0.15, -0.1) is 11.3 Å². The predicted octanol–water partition coefficient (Wildman–Crippen LogP) is 2.95. The first-order valence-corrected chi connectivity index (χ1v) is 9.35. The molecule has 1 N–H and O–H groups in total. The topological polar surface area (TPSA) is 57.6 Å². The first kappa shape index (κ1) is 15.4. The largest absolute Gasteiger partial charge is 0.391 e. The first-order chi connectivity index (χ1) is 8.87. The van der Waals surface area contributed by atoms with Crippen LogP contribution < -0.4 is 0 Å². The maximum absolute atomic E-state index is 12.8. The van der Waals surface area contributed by atoms with Crippen molar-refractivity contribution >= 4 is 37.3 Å². The number of rotatable bonds is 3. The van der Waals surface area contributed by atoms with Gasteiger partial charge in [0, 0.05) is 17.0 Å². The minimum absolute atomic E-state index is 0.0260. The molecule has 0 aliphatic carbocycles. The van der Waals surface area contributed by atoms with Crippen LogP contribution in [0.4, 0.5) is 0 Å². The molecule has 4 nitrogen and oxygen atoms in total. The molecule has 2 heterocycles. The van der Waals surface area contributed by atoms with E-state index in [1.807, 2.05) is 13.8 Å². The third kappa shape index (κ3) is 2.90. The molecule has 0 spiro atoms. The molecule has 7 heteroatoms. The first-order valence-electron chi connectivity index (χ1n) is 6.30. The maximum Gasteiger partial charge on any atom is 0.245 e. The van der Waals surface area contributed by atoms with E-state index < -0.39 is 10.0 Å². The number of aliphatic hydroxyl groups excluding tert-OH is 1. The van der Waals surface area contributed by atoms with Crippen LogP contribution in [0.2, 0.25) is 0 Å². The van der Waals surface area contributed by atoms with Crippen molar-refractivity contribution in [2.24, 2.45) is 0 Å². The van der Waals surface area contributed by atoms with E-state index in [9.17, 15) is 8.42 Å². The molecule has 1 aromatic heterocycles. The summed E-state index contributed by atoms with van der Waals surface area (Å²) in [6, 6.07) is 1.62. The summed E-state index contributed by atoms with van der Waals surface area (Å²) >= 11 is 4.57. The highest BCUT2D eigenvalue weighted by molar-refractivity contribution is 9.11. The monoisotopic (exact) mass is 367 g/mol. The van der Waals surface area contributed by atoms with E-state index in [1.165, 1.54) is 11.3 Å². The molecule has 19 heavy (non-hydrogen) atoms. The van der Waals surface area contributed by atoms with Gasteiger partial charge in [0.05, 0.1) is 10.4 Å². The molecule has 108 valence electrons. The lowest BCUT2D eigenvalue weighted by Crippen LogP contribution is -2.47. The fourth-order valence-corrected chi connectivity index (χ4v) is 7.01. The van der Waals surface area contributed by atoms with Crippen LogP contribution in [0, 0.1) is 0 Å². The van der Waals surface area contributed by atoms with Crippen molar-refractivity contribution < 1.29 is 13.5 Å². The van der Waals surface area contributed by atoms with Gasteiger partial charge in [-0.2, -0.15) is 4.31 Å². The number of hydrogen-bond donors (Lipinski definition) is 1. The average molecular weight is 368 g/mol. The van der Waals surface area contributed by atoms with E-state index in [4.69, 9.17) is 5.11 Å². The Morgan fingerprint density at radius 1 is 1.42 bits per heavy atom. The highest BCUT2D eigenvalue weighted by atomic mass is 79.9. The Kier molecular flexibility index (Phi) is 4.72. The molecule has 0 radical (unpaired) electrons. The van der Waals surface area contributed by atoms with Crippen molar-refractivity contribution in [3.63, 3.8) is 0 Å². The summed E-state index contributed by atoms with van der Waals surface area (Å²) in [5.74, 6) is 0. The van der Waals surface area contributed by atoms with E-state index in [0.717, 1.165) is 19.3 Å². The Labute approximate surface area is 126 Å². The van der Waals surface area contributed by atoms with Gasteiger partial charge in [-0.3, -0.25) is 0 Å². The van der Waals surface area contributed by atoms with Gasteiger partial charge in [-0.05, 0) is 48.7 Å². The predicted molar refractivity (Wildman–Crippen MR) is 79.7 cm³/mol. The maximum atomic E-state index is 12.8. The Hall–Kier alpha value is 0.0500. The molecular weight excluding hydrogens is 350 g/mol. The van der Waals surface area contributed by atoms with Gasteiger partial charge >= 0.3 is 0 Å². The molecule has 1 aromatic rings. The SMILES string of the molecule is CC1CCCC(C)N1S(=O)(=O)c1cc(CO)sc1Br. The van der Waals surface area contributed by atoms with E-state index in [1.54, 1.807) is 10.4 Å². The normalized spacial score (nSPS) is 25.7. The Bertz CT molecular complexity index is 545. The summed E-state index contributed by atoms with van der Waals surface area (Å²) in [6.45, 7) is 3.78. The van der Waals surface area contributed by atoms with Crippen molar-refractivity contribution in [2.75, 3.05) is 0 Å². The van der Waals surface area contributed by atoms with E-state index in [-0.39, 0.29) is 23.6 Å². The van der Waals surface area contributed by atoms with Crippen LogP contribution in [0.1, 0.15) is 38.0 Å². The summed E-state index contributed by atoms with van der Waals surface area (Å²) in [7, 11) is -3.49. The Morgan fingerprint density at radius 3 is 2.47 bits per heavy atom. The van der Waals surface area contributed by atoms with Gasteiger partial charge in [0.25, 0.3) is 0 Å². The van der Waals surface area contributed by atoms with Crippen LogP contribution in [-0.2, 0) is 16.6 Å². The zero-order valence-corrected chi connectivity index (χ0v) is 14.2. The number of aliphatic hydroxyl groups is 1. The van der Waals surface area contributed by atoms with Gasteiger partial charge < -0.3 is 5.11 Å². The van der Waals surface area contributed by atoms with E-state index in [0.29, 0.717) is 8.66 Å². The summed E-state index contributed by atoms with van der Waals surface area (Å²) in [6.07, 6.45) is 2.87. The van der Waals surface area contributed by atoms with Crippen LogP contribution >= 0.6 is 27.3 Å². The second-order valence-corrected chi connectivity index (χ2v) is 9.24. The number of halogens is 1. The molecule has 2 rings (SSSR count). The number of thiophene rings is 1.